The summed E-state index contributed by atoms with van der Waals surface area (Å²) in [6.07, 6.45) is 4.11. The minimum Gasteiger partial charge on any atom is -0.493 e. The Hall–Kier alpha value is -1.55. The third-order valence-electron chi connectivity index (χ3n) is 6.41. The molecule has 1 saturated heterocycles. The van der Waals surface area contributed by atoms with Gasteiger partial charge >= 0.3 is 0 Å². The van der Waals surface area contributed by atoms with E-state index in [0.29, 0.717) is 12.0 Å². The number of rotatable bonds is 1. The molecule has 0 radical (unpaired) electrons. The maximum atomic E-state index is 14.6. The molecule has 0 amide bonds. The fourth-order valence-electron chi connectivity index (χ4n) is 5.46. The van der Waals surface area contributed by atoms with Crippen LogP contribution in [-0.2, 0) is 11.8 Å². The number of hydrogen-bond donors (Lipinski definition) is 0. The topological polar surface area (TPSA) is 21.7 Å². The smallest absolute Gasteiger partial charge is 0.166 e. The second-order valence-corrected chi connectivity index (χ2v) is 7.10. The number of likely N-dealkylation sites (tertiary alicyclic amines) is 1. The number of benzene rings is 1. The fourth-order valence-corrected chi connectivity index (χ4v) is 5.46. The molecule has 116 valence electrons. The Labute approximate surface area is 129 Å². The highest BCUT2D eigenvalue weighted by molar-refractivity contribution is 5.62. The number of hydrogen-bond acceptors (Lipinski definition) is 3. The SMILES string of the molecule is COc1ccc2c3c1OC1C(F)=CC[C@H]4[C@@H](C2)N(C)CC[C@]314. The van der Waals surface area contributed by atoms with Gasteiger partial charge in [-0.15, -0.1) is 0 Å². The molecule has 1 aromatic rings. The van der Waals surface area contributed by atoms with Gasteiger partial charge in [-0.2, -0.15) is 0 Å². The van der Waals surface area contributed by atoms with Gasteiger partial charge in [0, 0.05) is 17.0 Å². The molecule has 2 heterocycles. The molecule has 2 bridgehead atoms. The molecule has 0 aromatic heterocycles. The van der Waals surface area contributed by atoms with Gasteiger partial charge in [0.15, 0.2) is 17.6 Å². The van der Waals surface area contributed by atoms with E-state index in [0.717, 1.165) is 37.3 Å². The maximum Gasteiger partial charge on any atom is 0.166 e. The van der Waals surface area contributed by atoms with Crippen LogP contribution in [0.15, 0.2) is 24.0 Å². The molecule has 2 aliphatic carbocycles. The molecule has 1 spiro atoms. The Kier molecular flexibility index (Phi) is 2.38. The molecule has 1 aromatic carbocycles. The summed E-state index contributed by atoms with van der Waals surface area (Å²) in [6, 6.07) is 4.61. The van der Waals surface area contributed by atoms with Gasteiger partial charge in [-0.3, -0.25) is 0 Å². The van der Waals surface area contributed by atoms with Crippen LogP contribution in [-0.4, -0.2) is 37.7 Å². The molecular weight excluding hydrogens is 281 g/mol. The molecule has 1 fully saturated rings. The van der Waals surface area contributed by atoms with E-state index in [9.17, 15) is 4.39 Å². The molecule has 5 rings (SSSR count). The van der Waals surface area contributed by atoms with Crippen molar-refractivity contribution in [2.24, 2.45) is 5.92 Å². The zero-order chi connectivity index (χ0) is 15.1. The number of halogens is 1. The zero-order valence-corrected chi connectivity index (χ0v) is 12.9. The van der Waals surface area contributed by atoms with Gasteiger partial charge < -0.3 is 14.4 Å². The van der Waals surface area contributed by atoms with Crippen molar-refractivity contribution in [3.8, 4) is 11.5 Å². The van der Waals surface area contributed by atoms with E-state index in [1.54, 1.807) is 13.2 Å². The lowest BCUT2D eigenvalue weighted by molar-refractivity contribution is -0.0158. The van der Waals surface area contributed by atoms with E-state index in [1.807, 2.05) is 6.07 Å². The second-order valence-electron chi connectivity index (χ2n) is 7.10. The first kappa shape index (κ1) is 12.9. The average Bonchev–Trinajstić information content (AvgIpc) is 2.88. The lowest BCUT2D eigenvalue weighted by atomic mass is 9.53. The fraction of sp³-hybridized carbons (Fsp3) is 0.556. The molecule has 3 nitrogen and oxygen atoms in total. The first-order valence-electron chi connectivity index (χ1n) is 8.09. The summed E-state index contributed by atoms with van der Waals surface area (Å²) in [5, 5.41) is 0. The Morgan fingerprint density at radius 3 is 3.09 bits per heavy atom. The molecular formula is C18H20FNO2. The van der Waals surface area contributed by atoms with Gasteiger partial charge in [0.2, 0.25) is 0 Å². The van der Waals surface area contributed by atoms with Gasteiger partial charge in [-0.1, -0.05) is 6.07 Å². The van der Waals surface area contributed by atoms with E-state index < -0.39 is 6.10 Å². The number of nitrogens with zero attached hydrogens (tertiary/aromatic N) is 1. The van der Waals surface area contributed by atoms with E-state index in [1.165, 1.54) is 11.1 Å². The average molecular weight is 301 g/mol. The molecule has 2 aliphatic heterocycles. The van der Waals surface area contributed by atoms with Gasteiger partial charge in [-0.25, -0.2) is 4.39 Å². The lowest BCUT2D eigenvalue weighted by Crippen LogP contribution is -2.63. The van der Waals surface area contributed by atoms with Gasteiger partial charge in [0.25, 0.3) is 0 Å². The number of methoxy groups -OCH3 is 1. The van der Waals surface area contributed by atoms with Crippen molar-refractivity contribution in [1.29, 1.82) is 0 Å². The van der Waals surface area contributed by atoms with Gasteiger partial charge in [0.05, 0.1) is 7.11 Å². The van der Waals surface area contributed by atoms with Crippen LogP contribution in [0.25, 0.3) is 0 Å². The van der Waals surface area contributed by atoms with E-state index in [-0.39, 0.29) is 11.2 Å². The monoisotopic (exact) mass is 301 g/mol. The molecule has 4 aliphatic rings. The molecule has 0 saturated carbocycles. The summed E-state index contributed by atoms with van der Waals surface area (Å²) in [5.41, 5.74) is 2.38. The number of likely N-dealkylation sites (N-methyl/N-ethyl adjacent to an activating group) is 1. The number of piperidine rings is 1. The molecule has 0 N–H and O–H groups in total. The summed E-state index contributed by atoms with van der Waals surface area (Å²) in [5.74, 6) is 1.89. The van der Waals surface area contributed by atoms with Gasteiger partial charge in [0.1, 0.15) is 5.83 Å². The summed E-state index contributed by atoms with van der Waals surface area (Å²) in [7, 11) is 3.86. The Morgan fingerprint density at radius 1 is 1.41 bits per heavy atom. The highest BCUT2D eigenvalue weighted by Gasteiger charge is 2.64. The van der Waals surface area contributed by atoms with Crippen LogP contribution >= 0.6 is 0 Å². The predicted molar refractivity (Wildman–Crippen MR) is 81.1 cm³/mol. The molecule has 1 unspecified atom stereocenters. The summed E-state index contributed by atoms with van der Waals surface area (Å²) < 4.78 is 26.3. The van der Waals surface area contributed by atoms with E-state index in [4.69, 9.17) is 9.47 Å². The quantitative estimate of drug-likeness (QED) is 0.796. The molecule has 22 heavy (non-hydrogen) atoms. The molecule has 4 heteroatoms. The largest absolute Gasteiger partial charge is 0.493 e. The van der Waals surface area contributed by atoms with Crippen LogP contribution < -0.4 is 9.47 Å². The van der Waals surface area contributed by atoms with Crippen LogP contribution in [0.1, 0.15) is 24.0 Å². The third kappa shape index (κ3) is 1.27. The summed E-state index contributed by atoms with van der Waals surface area (Å²) in [4.78, 5) is 2.45. The highest BCUT2D eigenvalue weighted by Crippen LogP contribution is 2.63. The normalized spacial score (nSPS) is 38.1. The first-order chi connectivity index (χ1) is 10.7. The van der Waals surface area contributed by atoms with Crippen molar-refractivity contribution in [3.63, 3.8) is 0 Å². The van der Waals surface area contributed by atoms with Gasteiger partial charge in [-0.05, 0) is 56.5 Å². The van der Waals surface area contributed by atoms with Crippen molar-refractivity contribution < 1.29 is 13.9 Å². The van der Waals surface area contributed by atoms with Crippen LogP contribution in [0.5, 0.6) is 11.5 Å². The summed E-state index contributed by atoms with van der Waals surface area (Å²) >= 11 is 0. The van der Waals surface area contributed by atoms with Crippen LogP contribution in [0.3, 0.4) is 0 Å². The standard InChI is InChI=1S/C18H20FNO2/c1-20-8-7-18-11-4-5-12(19)17(18)22-16-14(21-2)6-3-10(15(16)18)9-13(11)20/h3,5-6,11,13,17H,4,7-9H2,1-2H3/t11-,13+,17?,18-/m0/s1. The second kappa shape index (κ2) is 4.05. The lowest BCUT2D eigenvalue weighted by Gasteiger charge is -2.56. The summed E-state index contributed by atoms with van der Waals surface area (Å²) in [6.45, 7) is 1.00. The van der Waals surface area contributed by atoms with Crippen molar-refractivity contribution in [3.05, 3.63) is 35.2 Å². The minimum atomic E-state index is -0.451. The minimum absolute atomic E-state index is 0.0920. The molecule has 4 atom stereocenters. The predicted octanol–water partition coefficient (Wildman–Crippen LogP) is 2.83. The Balaban J connectivity index is 1.83. The van der Waals surface area contributed by atoms with Crippen molar-refractivity contribution in [1.82, 2.24) is 4.90 Å². The van der Waals surface area contributed by atoms with Crippen LogP contribution in [0.2, 0.25) is 0 Å². The van der Waals surface area contributed by atoms with Crippen LogP contribution in [0.4, 0.5) is 4.39 Å². The van der Waals surface area contributed by atoms with E-state index >= 15 is 0 Å². The van der Waals surface area contributed by atoms with Crippen molar-refractivity contribution in [2.75, 3.05) is 20.7 Å². The first-order valence-corrected chi connectivity index (χ1v) is 8.09. The third-order valence-corrected chi connectivity index (χ3v) is 6.41. The number of allylic oxidation sites excluding steroid dienone is 1. The Morgan fingerprint density at radius 2 is 2.27 bits per heavy atom. The maximum absolute atomic E-state index is 14.6. The van der Waals surface area contributed by atoms with Crippen molar-refractivity contribution >= 4 is 0 Å². The highest BCUT2D eigenvalue weighted by atomic mass is 19.1. The Bertz CT molecular complexity index is 701. The van der Waals surface area contributed by atoms with E-state index in [2.05, 4.69) is 18.0 Å². The van der Waals surface area contributed by atoms with Crippen LogP contribution in [0, 0.1) is 5.92 Å². The van der Waals surface area contributed by atoms with Crippen molar-refractivity contribution in [2.45, 2.75) is 36.8 Å². The zero-order valence-electron chi connectivity index (χ0n) is 12.9. The number of ether oxygens (including phenoxy) is 2.